The summed E-state index contributed by atoms with van der Waals surface area (Å²) in [6, 6.07) is 5.45. The van der Waals surface area contributed by atoms with Gasteiger partial charge in [-0.1, -0.05) is 6.07 Å². The number of hydrogen-bond acceptors (Lipinski definition) is 4. The van der Waals surface area contributed by atoms with Gasteiger partial charge < -0.3 is 14.6 Å². The summed E-state index contributed by atoms with van der Waals surface area (Å²) in [6.45, 7) is 2.11. The summed E-state index contributed by atoms with van der Waals surface area (Å²) in [6.07, 6.45) is -0.414. The topological polar surface area (TPSA) is 62.5 Å². The van der Waals surface area contributed by atoms with Crippen LogP contribution in [0, 0.1) is 5.41 Å². The van der Waals surface area contributed by atoms with E-state index in [9.17, 15) is 5.11 Å². The summed E-state index contributed by atoms with van der Waals surface area (Å²) in [5, 5.41) is 17.7. The minimum Gasteiger partial charge on any atom is -0.496 e. The molecule has 1 rings (SSSR count). The second kappa shape index (κ2) is 7.24. The molecule has 4 nitrogen and oxygen atoms in total. The van der Waals surface area contributed by atoms with Crippen molar-refractivity contribution < 1.29 is 14.6 Å². The molecule has 0 fully saturated rings. The number of aryl methyl sites for hydroxylation is 1. The van der Waals surface area contributed by atoms with Crippen LogP contribution in [0.4, 0.5) is 0 Å². The van der Waals surface area contributed by atoms with Gasteiger partial charge in [0.15, 0.2) is 6.10 Å². The van der Waals surface area contributed by atoms with E-state index in [-0.39, 0.29) is 5.90 Å². The molecule has 0 radical (unpaired) electrons. The maximum atomic E-state index is 10.1. The summed E-state index contributed by atoms with van der Waals surface area (Å²) in [7, 11) is 1.52. The van der Waals surface area contributed by atoms with E-state index in [0.717, 1.165) is 5.56 Å². The molecular formula is C13H18ClNO3. The molecular weight excluding hydrogens is 254 g/mol. The number of alkyl halides is 1. The molecule has 0 spiro atoms. The van der Waals surface area contributed by atoms with Crippen molar-refractivity contribution in [3.63, 3.8) is 0 Å². The Morgan fingerprint density at radius 2 is 2.22 bits per heavy atom. The van der Waals surface area contributed by atoms with Crippen LogP contribution < -0.4 is 4.74 Å². The van der Waals surface area contributed by atoms with Crippen LogP contribution in [0.5, 0.6) is 5.75 Å². The Morgan fingerprint density at radius 3 is 2.78 bits per heavy atom. The van der Waals surface area contributed by atoms with Crippen molar-refractivity contribution in [3.8, 4) is 5.75 Å². The highest BCUT2D eigenvalue weighted by molar-refractivity contribution is 6.17. The molecule has 0 amide bonds. The molecule has 0 aliphatic rings. The van der Waals surface area contributed by atoms with Crippen LogP contribution in [0.15, 0.2) is 18.2 Å². The van der Waals surface area contributed by atoms with E-state index in [1.54, 1.807) is 19.1 Å². The zero-order chi connectivity index (χ0) is 13.5. The molecule has 5 heteroatoms. The van der Waals surface area contributed by atoms with E-state index in [2.05, 4.69) is 0 Å². The Kier molecular flexibility index (Phi) is 5.95. The average molecular weight is 272 g/mol. The second-order valence-electron chi connectivity index (χ2n) is 3.72. The Balaban J connectivity index is 3.02. The summed E-state index contributed by atoms with van der Waals surface area (Å²) in [5.74, 6) is 0.856. The number of nitrogens with one attached hydrogen (secondary N) is 1. The molecule has 0 bridgehead atoms. The standard InChI is InChI=1S/C13H18ClNO3/c1-3-18-13(15)12(16)10-8-9(6-7-14)4-5-11(10)17-2/h4-5,8,12,15-16H,3,6-7H2,1-2H3. The Hall–Kier alpha value is -1.26. The van der Waals surface area contributed by atoms with E-state index < -0.39 is 6.10 Å². The first-order valence-corrected chi connectivity index (χ1v) is 6.29. The van der Waals surface area contributed by atoms with Gasteiger partial charge >= 0.3 is 0 Å². The van der Waals surface area contributed by atoms with Gasteiger partial charge in [0, 0.05) is 11.4 Å². The second-order valence-corrected chi connectivity index (χ2v) is 4.09. The lowest BCUT2D eigenvalue weighted by atomic mass is 10.0. The third-order valence-electron chi connectivity index (χ3n) is 2.52. The number of methoxy groups -OCH3 is 1. The minimum atomic E-state index is -1.12. The maximum Gasteiger partial charge on any atom is 0.215 e. The monoisotopic (exact) mass is 271 g/mol. The lowest BCUT2D eigenvalue weighted by molar-refractivity contribution is 0.187. The first-order valence-electron chi connectivity index (χ1n) is 5.76. The predicted molar refractivity (Wildman–Crippen MR) is 71.7 cm³/mol. The molecule has 0 aromatic heterocycles. The SMILES string of the molecule is CCOC(=N)C(O)c1cc(CCCl)ccc1OC. The Labute approximate surface area is 112 Å². The molecule has 1 aromatic rings. The summed E-state index contributed by atoms with van der Waals surface area (Å²) in [4.78, 5) is 0. The molecule has 100 valence electrons. The van der Waals surface area contributed by atoms with E-state index in [4.69, 9.17) is 26.5 Å². The van der Waals surface area contributed by atoms with E-state index in [1.807, 2.05) is 6.07 Å². The third kappa shape index (κ3) is 3.62. The van der Waals surface area contributed by atoms with Gasteiger partial charge in [-0.15, -0.1) is 11.6 Å². The summed E-state index contributed by atoms with van der Waals surface area (Å²) < 4.78 is 10.2. The molecule has 0 saturated carbocycles. The highest BCUT2D eigenvalue weighted by Crippen LogP contribution is 2.27. The molecule has 1 unspecified atom stereocenters. The molecule has 1 aromatic carbocycles. The smallest absolute Gasteiger partial charge is 0.215 e. The van der Waals surface area contributed by atoms with Crippen LogP contribution in [0.2, 0.25) is 0 Å². The number of aliphatic hydroxyl groups is 1. The van der Waals surface area contributed by atoms with Crippen LogP contribution in [-0.4, -0.2) is 30.6 Å². The highest BCUT2D eigenvalue weighted by atomic mass is 35.5. The van der Waals surface area contributed by atoms with Gasteiger partial charge in [0.05, 0.1) is 13.7 Å². The Morgan fingerprint density at radius 1 is 1.50 bits per heavy atom. The maximum absolute atomic E-state index is 10.1. The van der Waals surface area contributed by atoms with Crippen LogP contribution in [0.3, 0.4) is 0 Å². The molecule has 0 aliphatic heterocycles. The lowest BCUT2D eigenvalue weighted by Gasteiger charge is -2.16. The van der Waals surface area contributed by atoms with Crippen LogP contribution >= 0.6 is 11.6 Å². The van der Waals surface area contributed by atoms with Crippen LogP contribution in [0.1, 0.15) is 24.2 Å². The number of ether oxygens (including phenoxy) is 2. The van der Waals surface area contributed by atoms with Gasteiger partial charge in [0.25, 0.3) is 0 Å². The van der Waals surface area contributed by atoms with Crippen molar-refractivity contribution in [1.82, 2.24) is 0 Å². The molecule has 18 heavy (non-hydrogen) atoms. The molecule has 2 N–H and O–H groups in total. The number of aliphatic hydroxyl groups excluding tert-OH is 1. The van der Waals surface area contributed by atoms with Crippen molar-refractivity contribution >= 4 is 17.5 Å². The van der Waals surface area contributed by atoms with Crippen molar-refractivity contribution in [3.05, 3.63) is 29.3 Å². The molecule has 1 atom stereocenters. The number of hydrogen-bond donors (Lipinski definition) is 2. The first kappa shape index (κ1) is 14.8. The number of benzene rings is 1. The normalized spacial score (nSPS) is 12.0. The molecule has 0 saturated heterocycles. The zero-order valence-electron chi connectivity index (χ0n) is 10.6. The van der Waals surface area contributed by atoms with Gasteiger partial charge in [0.1, 0.15) is 5.75 Å². The van der Waals surface area contributed by atoms with Gasteiger partial charge in [-0.2, -0.15) is 0 Å². The Bertz CT molecular complexity index is 409. The van der Waals surface area contributed by atoms with Crippen LogP contribution in [-0.2, 0) is 11.2 Å². The van der Waals surface area contributed by atoms with Crippen LogP contribution in [0.25, 0.3) is 0 Å². The van der Waals surface area contributed by atoms with E-state index >= 15 is 0 Å². The van der Waals surface area contributed by atoms with Crippen molar-refractivity contribution in [2.45, 2.75) is 19.4 Å². The largest absolute Gasteiger partial charge is 0.496 e. The van der Waals surface area contributed by atoms with Crippen molar-refractivity contribution in [2.24, 2.45) is 0 Å². The van der Waals surface area contributed by atoms with E-state index in [0.29, 0.717) is 30.2 Å². The van der Waals surface area contributed by atoms with Gasteiger partial charge in [-0.25, -0.2) is 0 Å². The molecule has 0 aliphatic carbocycles. The van der Waals surface area contributed by atoms with Crippen molar-refractivity contribution in [1.29, 1.82) is 5.41 Å². The fourth-order valence-electron chi connectivity index (χ4n) is 1.64. The van der Waals surface area contributed by atoms with Gasteiger partial charge in [0.2, 0.25) is 5.90 Å². The highest BCUT2D eigenvalue weighted by Gasteiger charge is 2.19. The number of halogens is 1. The predicted octanol–water partition coefficient (Wildman–Crippen LogP) is 2.52. The zero-order valence-corrected chi connectivity index (χ0v) is 11.3. The number of rotatable bonds is 6. The quantitative estimate of drug-likeness (QED) is 0.475. The van der Waals surface area contributed by atoms with Crippen molar-refractivity contribution in [2.75, 3.05) is 19.6 Å². The fourth-order valence-corrected chi connectivity index (χ4v) is 1.86. The summed E-state index contributed by atoms with van der Waals surface area (Å²) >= 11 is 5.69. The van der Waals surface area contributed by atoms with Gasteiger partial charge in [-0.3, -0.25) is 5.41 Å². The fraction of sp³-hybridized carbons (Fsp3) is 0.462. The minimum absolute atomic E-state index is 0.182. The first-order chi connectivity index (χ1) is 8.63. The third-order valence-corrected chi connectivity index (χ3v) is 2.71. The molecule has 0 heterocycles. The average Bonchev–Trinajstić information content (AvgIpc) is 2.38. The summed E-state index contributed by atoms with van der Waals surface area (Å²) in [5.41, 5.74) is 1.52. The lowest BCUT2D eigenvalue weighted by Crippen LogP contribution is -2.15. The van der Waals surface area contributed by atoms with Gasteiger partial charge in [-0.05, 0) is 31.0 Å². The van der Waals surface area contributed by atoms with E-state index in [1.165, 1.54) is 7.11 Å².